The summed E-state index contributed by atoms with van der Waals surface area (Å²) in [7, 11) is 0. The van der Waals surface area contributed by atoms with Crippen molar-refractivity contribution in [2.45, 2.75) is 13.1 Å². The van der Waals surface area contributed by atoms with Crippen LogP contribution in [-0.2, 0) is 13.1 Å². The molecule has 0 saturated heterocycles. The van der Waals surface area contributed by atoms with Gasteiger partial charge in [-0.25, -0.2) is 9.18 Å². The molecule has 190 valence electrons. The zero-order valence-electron chi connectivity index (χ0n) is 19.8. The molecule has 38 heavy (non-hydrogen) atoms. The van der Waals surface area contributed by atoms with Gasteiger partial charge in [-0.15, -0.1) is 0 Å². The van der Waals surface area contributed by atoms with E-state index in [4.69, 9.17) is 28.3 Å². The summed E-state index contributed by atoms with van der Waals surface area (Å²) in [6.07, 6.45) is 1.68. The van der Waals surface area contributed by atoms with E-state index in [1.54, 1.807) is 59.4 Å². The Balaban J connectivity index is 1.53. The van der Waals surface area contributed by atoms with Crippen LogP contribution in [0.4, 0.5) is 4.39 Å². The minimum Gasteiger partial charge on any atom is -0.478 e. The topological polar surface area (TPSA) is 84.2 Å². The van der Waals surface area contributed by atoms with E-state index in [-0.39, 0.29) is 23.8 Å². The van der Waals surface area contributed by atoms with Crippen molar-refractivity contribution >= 4 is 46.0 Å². The maximum atomic E-state index is 13.5. The van der Waals surface area contributed by atoms with Crippen LogP contribution in [0.2, 0.25) is 10.0 Å². The fraction of sp³-hybridized carbons (Fsp3) is 0.0690. The number of hydrogen-bond acceptors (Lipinski definition) is 3. The first kappa shape index (κ1) is 25.4. The van der Waals surface area contributed by atoms with E-state index < -0.39 is 5.97 Å². The van der Waals surface area contributed by atoms with Crippen molar-refractivity contribution in [3.8, 4) is 11.1 Å². The molecule has 9 heteroatoms. The quantitative estimate of drug-likeness (QED) is 0.234. The van der Waals surface area contributed by atoms with Crippen LogP contribution in [0.25, 0.3) is 22.0 Å². The third-order valence-corrected chi connectivity index (χ3v) is 6.50. The zero-order chi connectivity index (χ0) is 26.8. The Bertz CT molecular complexity index is 1650. The summed E-state index contributed by atoms with van der Waals surface area (Å²) in [5.74, 6) is -1.71. The van der Waals surface area contributed by atoms with Crippen LogP contribution < -0.4 is 5.32 Å². The fourth-order valence-electron chi connectivity index (χ4n) is 4.25. The molecule has 0 aliphatic heterocycles. The molecule has 2 N–H and O–H groups in total. The van der Waals surface area contributed by atoms with E-state index in [1.165, 1.54) is 24.3 Å². The van der Waals surface area contributed by atoms with Crippen molar-refractivity contribution in [2.24, 2.45) is 0 Å². The van der Waals surface area contributed by atoms with Crippen molar-refractivity contribution in [1.29, 1.82) is 0 Å². The molecule has 1 heterocycles. The molecule has 0 fully saturated rings. The number of aromatic carboxylic acids is 1. The number of aromatic nitrogens is 2. The Hall–Kier alpha value is -4.20. The summed E-state index contributed by atoms with van der Waals surface area (Å²) in [4.78, 5) is 24.6. The average molecular weight is 548 g/mol. The predicted octanol–water partition coefficient (Wildman–Crippen LogP) is 6.83. The second kappa shape index (κ2) is 10.7. The lowest BCUT2D eigenvalue weighted by molar-refractivity contribution is 0.0696. The van der Waals surface area contributed by atoms with Crippen molar-refractivity contribution in [3.63, 3.8) is 0 Å². The van der Waals surface area contributed by atoms with Gasteiger partial charge in [-0.3, -0.25) is 9.48 Å². The van der Waals surface area contributed by atoms with Gasteiger partial charge in [0.2, 0.25) is 0 Å². The van der Waals surface area contributed by atoms with Gasteiger partial charge in [0.05, 0.1) is 29.4 Å². The number of carbonyl (C=O) groups excluding carboxylic acids is 1. The normalized spacial score (nSPS) is 11.0. The van der Waals surface area contributed by atoms with Gasteiger partial charge in [-0.05, 0) is 76.9 Å². The lowest BCUT2D eigenvalue weighted by Crippen LogP contribution is -2.24. The van der Waals surface area contributed by atoms with Crippen LogP contribution in [0.15, 0.2) is 85.1 Å². The first-order valence-corrected chi connectivity index (χ1v) is 12.3. The predicted molar refractivity (Wildman–Crippen MR) is 145 cm³/mol. The second-order valence-electron chi connectivity index (χ2n) is 8.73. The van der Waals surface area contributed by atoms with Crippen LogP contribution in [0, 0.1) is 5.82 Å². The standard InChI is InChI=1S/C29H20Cl2FN3O3/c30-23-9-18(10-24(31)13-23)16-35-27-22(15-34-35)11-21(19-5-7-25(32)8-6-19)12-26(27)28(36)33-14-17-1-3-20(4-2-17)29(37)38/h1-13,15H,14,16H2,(H,33,36)(H,37,38). The molecule has 5 aromatic rings. The van der Waals surface area contributed by atoms with Crippen molar-refractivity contribution in [1.82, 2.24) is 15.1 Å². The van der Waals surface area contributed by atoms with Crippen LogP contribution in [0.5, 0.6) is 0 Å². The maximum Gasteiger partial charge on any atom is 0.335 e. The number of rotatable bonds is 7. The third-order valence-electron chi connectivity index (χ3n) is 6.06. The summed E-state index contributed by atoms with van der Waals surface area (Å²) in [6, 6.07) is 21.2. The Kier molecular flexibility index (Phi) is 7.13. The van der Waals surface area contributed by atoms with Gasteiger partial charge >= 0.3 is 5.97 Å². The van der Waals surface area contributed by atoms with Crippen LogP contribution >= 0.6 is 23.2 Å². The van der Waals surface area contributed by atoms with Gasteiger partial charge in [-0.1, -0.05) is 47.5 Å². The summed E-state index contributed by atoms with van der Waals surface area (Å²) in [5.41, 5.74) is 4.22. The number of hydrogen-bond donors (Lipinski definition) is 2. The molecule has 0 unspecified atom stereocenters. The van der Waals surface area contributed by atoms with E-state index in [0.29, 0.717) is 27.7 Å². The Morgan fingerprint density at radius 3 is 2.21 bits per heavy atom. The monoisotopic (exact) mass is 547 g/mol. The Labute approximate surface area is 227 Å². The minimum absolute atomic E-state index is 0.166. The molecule has 6 nitrogen and oxygen atoms in total. The highest BCUT2D eigenvalue weighted by Crippen LogP contribution is 2.29. The lowest BCUT2D eigenvalue weighted by Gasteiger charge is -2.12. The number of carboxylic acids is 1. The Morgan fingerprint density at radius 1 is 0.868 bits per heavy atom. The minimum atomic E-state index is -1.02. The molecule has 0 atom stereocenters. The van der Waals surface area contributed by atoms with Gasteiger partial charge in [0.1, 0.15) is 5.82 Å². The molecule has 0 aliphatic rings. The number of nitrogens with zero attached hydrogens (tertiary/aromatic N) is 2. The molecule has 1 aromatic heterocycles. The lowest BCUT2D eigenvalue weighted by atomic mass is 9.99. The third kappa shape index (κ3) is 5.54. The molecular formula is C29H20Cl2FN3O3. The molecule has 1 amide bonds. The first-order valence-electron chi connectivity index (χ1n) is 11.6. The number of carboxylic acid groups (broad SMARTS) is 1. The molecule has 5 rings (SSSR count). The van der Waals surface area contributed by atoms with Gasteiger partial charge in [0, 0.05) is 22.0 Å². The first-order chi connectivity index (χ1) is 18.3. The van der Waals surface area contributed by atoms with Gasteiger partial charge in [-0.2, -0.15) is 5.10 Å². The number of amides is 1. The van der Waals surface area contributed by atoms with E-state index >= 15 is 0 Å². The number of carbonyl (C=O) groups is 2. The highest BCUT2D eigenvalue weighted by atomic mass is 35.5. The highest BCUT2D eigenvalue weighted by Gasteiger charge is 2.18. The summed E-state index contributed by atoms with van der Waals surface area (Å²) >= 11 is 12.4. The van der Waals surface area contributed by atoms with Gasteiger partial charge in [0.15, 0.2) is 0 Å². The number of benzene rings is 4. The highest BCUT2D eigenvalue weighted by molar-refractivity contribution is 6.34. The van der Waals surface area contributed by atoms with Crippen molar-refractivity contribution in [2.75, 3.05) is 0 Å². The largest absolute Gasteiger partial charge is 0.478 e. The average Bonchev–Trinajstić information content (AvgIpc) is 3.29. The van der Waals surface area contributed by atoms with E-state index in [2.05, 4.69) is 10.4 Å². The van der Waals surface area contributed by atoms with Crippen LogP contribution in [-0.4, -0.2) is 26.8 Å². The molecule has 0 aliphatic carbocycles. The van der Waals surface area contributed by atoms with Gasteiger partial charge in [0.25, 0.3) is 5.91 Å². The van der Waals surface area contributed by atoms with Gasteiger partial charge < -0.3 is 10.4 Å². The smallest absolute Gasteiger partial charge is 0.335 e. The summed E-state index contributed by atoms with van der Waals surface area (Å²) < 4.78 is 15.2. The summed E-state index contributed by atoms with van der Waals surface area (Å²) in [6.45, 7) is 0.523. The molecule has 0 spiro atoms. The molecule has 0 bridgehead atoms. The molecular weight excluding hydrogens is 528 g/mol. The number of fused-ring (bicyclic) bond motifs is 1. The Morgan fingerprint density at radius 2 is 1.55 bits per heavy atom. The number of nitrogens with one attached hydrogen (secondary N) is 1. The van der Waals surface area contributed by atoms with Crippen LogP contribution in [0.3, 0.4) is 0 Å². The zero-order valence-corrected chi connectivity index (χ0v) is 21.3. The van der Waals surface area contributed by atoms with E-state index in [9.17, 15) is 14.0 Å². The fourth-order valence-corrected chi connectivity index (χ4v) is 4.82. The van der Waals surface area contributed by atoms with E-state index in [0.717, 1.165) is 27.6 Å². The van der Waals surface area contributed by atoms with Crippen LogP contribution in [0.1, 0.15) is 31.8 Å². The van der Waals surface area contributed by atoms with E-state index in [1.807, 2.05) is 6.07 Å². The molecule has 0 saturated carbocycles. The maximum absolute atomic E-state index is 13.5. The number of halogens is 3. The second-order valence-corrected chi connectivity index (χ2v) is 9.61. The SMILES string of the molecule is O=C(O)c1ccc(CNC(=O)c2cc(-c3ccc(F)cc3)cc3cnn(Cc4cc(Cl)cc(Cl)c4)c23)cc1. The molecule has 0 radical (unpaired) electrons. The van der Waals surface area contributed by atoms with Crippen molar-refractivity contribution in [3.05, 3.63) is 123 Å². The van der Waals surface area contributed by atoms with Crippen molar-refractivity contribution < 1.29 is 19.1 Å². The summed E-state index contributed by atoms with van der Waals surface area (Å²) in [5, 5.41) is 18.3. The molecule has 4 aromatic carbocycles.